The summed E-state index contributed by atoms with van der Waals surface area (Å²) in [7, 11) is 0. The van der Waals surface area contributed by atoms with Gasteiger partial charge in [-0.1, -0.05) is 18.5 Å². The molecule has 2 rings (SSSR count). The van der Waals surface area contributed by atoms with E-state index in [4.69, 9.17) is 17.3 Å². The van der Waals surface area contributed by atoms with Crippen molar-refractivity contribution >= 4 is 28.8 Å². The number of hydrogen-bond acceptors (Lipinski definition) is 4. The molecular formula is C11H16ClN3OS. The van der Waals surface area contributed by atoms with Gasteiger partial charge in [-0.3, -0.25) is 4.79 Å². The summed E-state index contributed by atoms with van der Waals surface area (Å²) in [6.45, 7) is 3.41. The van der Waals surface area contributed by atoms with Gasteiger partial charge in [-0.2, -0.15) is 0 Å². The van der Waals surface area contributed by atoms with Crippen molar-refractivity contribution in [2.24, 2.45) is 11.7 Å². The van der Waals surface area contributed by atoms with Gasteiger partial charge in [0.15, 0.2) is 5.15 Å². The Hall–Kier alpha value is -0.650. The van der Waals surface area contributed by atoms with Gasteiger partial charge in [0.2, 0.25) is 0 Å². The van der Waals surface area contributed by atoms with Crippen molar-refractivity contribution in [2.75, 3.05) is 13.1 Å². The zero-order chi connectivity index (χ0) is 12.4. The number of thiazole rings is 1. The SMILES string of the molecule is C[C@@H]1CCCN(C(=O)c2scnc2Cl)[C@@H]1CN. The third-order valence-electron chi connectivity index (χ3n) is 3.34. The maximum Gasteiger partial charge on any atom is 0.267 e. The smallest absolute Gasteiger partial charge is 0.267 e. The highest BCUT2D eigenvalue weighted by atomic mass is 35.5. The van der Waals surface area contributed by atoms with Gasteiger partial charge in [0.05, 0.1) is 5.51 Å². The predicted octanol–water partition coefficient (Wildman–Crippen LogP) is 2.00. The normalized spacial score (nSPS) is 25.0. The van der Waals surface area contributed by atoms with Gasteiger partial charge in [-0.05, 0) is 18.8 Å². The van der Waals surface area contributed by atoms with Crippen molar-refractivity contribution in [3.05, 3.63) is 15.5 Å². The Morgan fingerprint density at radius 3 is 3.12 bits per heavy atom. The van der Waals surface area contributed by atoms with Gasteiger partial charge >= 0.3 is 0 Å². The van der Waals surface area contributed by atoms with Crippen LogP contribution in [0.2, 0.25) is 5.15 Å². The highest BCUT2D eigenvalue weighted by molar-refractivity contribution is 7.12. The molecule has 1 aromatic rings. The predicted molar refractivity (Wildman–Crippen MR) is 69.4 cm³/mol. The molecule has 0 unspecified atom stereocenters. The molecule has 2 N–H and O–H groups in total. The first-order valence-corrected chi connectivity index (χ1v) is 7.01. The molecule has 0 bridgehead atoms. The summed E-state index contributed by atoms with van der Waals surface area (Å²) in [5.41, 5.74) is 7.37. The number of nitrogens with two attached hydrogens (primary N) is 1. The first kappa shape index (κ1) is 12.8. The summed E-state index contributed by atoms with van der Waals surface area (Å²) in [5, 5.41) is 0.300. The third kappa shape index (κ3) is 2.46. The number of rotatable bonds is 2. The quantitative estimate of drug-likeness (QED) is 0.897. The van der Waals surface area contributed by atoms with Crippen LogP contribution in [0.25, 0.3) is 0 Å². The lowest BCUT2D eigenvalue weighted by atomic mass is 9.90. The van der Waals surface area contributed by atoms with Crippen LogP contribution in [-0.2, 0) is 0 Å². The van der Waals surface area contributed by atoms with Gasteiger partial charge in [-0.25, -0.2) is 4.98 Å². The van der Waals surface area contributed by atoms with E-state index in [-0.39, 0.29) is 11.9 Å². The third-order valence-corrected chi connectivity index (χ3v) is 4.55. The van der Waals surface area contributed by atoms with E-state index in [9.17, 15) is 4.79 Å². The molecule has 1 saturated heterocycles. The molecule has 1 amide bonds. The van der Waals surface area contributed by atoms with E-state index < -0.39 is 0 Å². The van der Waals surface area contributed by atoms with Crippen molar-refractivity contribution < 1.29 is 4.79 Å². The van der Waals surface area contributed by atoms with Crippen LogP contribution in [0, 0.1) is 5.92 Å². The van der Waals surface area contributed by atoms with Crippen molar-refractivity contribution in [2.45, 2.75) is 25.8 Å². The van der Waals surface area contributed by atoms with Crippen LogP contribution in [0.3, 0.4) is 0 Å². The van der Waals surface area contributed by atoms with Gasteiger partial charge in [0.1, 0.15) is 4.88 Å². The van der Waals surface area contributed by atoms with Crippen molar-refractivity contribution in [3.8, 4) is 0 Å². The fourth-order valence-electron chi connectivity index (χ4n) is 2.36. The molecule has 4 nitrogen and oxygen atoms in total. The van der Waals surface area contributed by atoms with Crippen LogP contribution < -0.4 is 5.73 Å². The summed E-state index contributed by atoms with van der Waals surface area (Å²) in [6.07, 6.45) is 2.15. The Morgan fingerprint density at radius 2 is 2.53 bits per heavy atom. The molecule has 0 radical (unpaired) electrons. The molecular weight excluding hydrogens is 258 g/mol. The number of nitrogens with zero attached hydrogens (tertiary/aromatic N) is 2. The van der Waals surface area contributed by atoms with Crippen LogP contribution in [0.4, 0.5) is 0 Å². The molecule has 0 aliphatic carbocycles. The highest BCUT2D eigenvalue weighted by Gasteiger charge is 2.32. The van der Waals surface area contributed by atoms with Gasteiger partial charge in [-0.15, -0.1) is 11.3 Å². The Balaban J connectivity index is 2.21. The number of piperidine rings is 1. The first-order valence-electron chi connectivity index (χ1n) is 5.75. The fourth-order valence-corrected chi connectivity index (χ4v) is 3.32. The maximum absolute atomic E-state index is 12.4. The lowest BCUT2D eigenvalue weighted by Crippen LogP contribution is -2.51. The number of halogens is 1. The minimum Gasteiger partial charge on any atom is -0.333 e. The van der Waals surface area contributed by atoms with Crippen LogP contribution in [0.1, 0.15) is 29.4 Å². The lowest BCUT2D eigenvalue weighted by Gasteiger charge is -2.39. The average Bonchev–Trinajstić information content (AvgIpc) is 2.74. The summed E-state index contributed by atoms with van der Waals surface area (Å²) in [5.74, 6) is 0.420. The first-order chi connectivity index (χ1) is 8.15. The van der Waals surface area contributed by atoms with Gasteiger partial charge < -0.3 is 10.6 Å². The Labute approximate surface area is 110 Å². The van der Waals surface area contributed by atoms with Crippen molar-refractivity contribution in [3.63, 3.8) is 0 Å². The molecule has 6 heteroatoms. The van der Waals surface area contributed by atoms with Crippen LogP contribution >= 0.6 is 22.9 Å². The van der Waals surface area contributed by atoms with Crippen molar-refractivity contribution in [1.29, 1.82) is 0 Å². The second-order valence-electron chi connectivity index (χ2n) is 4.39. The zero-order valence-corrected chi connectivity index (χ0v) is 11.3. The molecule has 2 heterocycles. The van der Waals surface area contributed by atoms with Crippen LogP contribution in [0.5, 0.6) is 0 Å². The summed E-state index contributed by atoms with van der Waals surface area (Å²) in [6, 6.07) is 0.120. The Kier molecular flexibility index (Phi) is 4.01. The number of carbonyl (C=O) groups is 1. The molecule has 0 saturated carbocycles. The van der Waals surface area contributed by atoms with E-state index >= 15 is 0 Å². The second kappa shape index (κ2) is 5.33. The lowest BCUT2D eigenvalue weighted by molar-refractivity contribution is 0.0537. The van der Waals surface area contributed by atoms with E-state index in [1.165, 1.54) is 11.3 Å². The Bertz CT molecular complexity index is 409. The minimum absolute atomic E-state index is 0.0282. The summed E-state index contributed by atoms with van der Waals surface area (Å²) < 4.78 is 0. The molecule has 2 atom stereocenters. The van der Waals surface area contributed by atoms with Crippen molar-refractivity contribution in [1.82, 2.24) is 9.88 Å². The van der Waals surface area contributed by atoms with Gasteiger partial charge in [0, 0.05) is 19.1 Å². The topological polar surface area (TPSA) is 59.2 Å². The van der Waals surface area contributed by atoms with E-state index in [0.717, 1.165) is 19.4 Å². The van der Waals surface area contributed by atoms with E-state index in [1.807, 2.05) is 4.90 Å². The maximum atomic E-state index is 12.4. The highest BCUT2D eigenvalue weighted by Crippen LogP contribution is 2.27. The van der Waals surface area contributed by atoms with E-state index in [1.54, 1.807) is 5.51 Å². The van der Waals surface area contributed by atoms with Gasteiger partial charge in [0.25, 0.3) is 5.91 Å². The molecule has 0 spiro atoms. The number of amides is 1. The molecule has 17 heavy (non-hydrogen) atoms. The summed E-state index contributed by atoms with van der Waals surface area (Å²) >= 11 is 7.19. The molecule has 0 aromatic carbocycles. The molecule has 1 fully saturated rings. The Morgan fingerprint density at radius 1 is 1.76 bits per heavy atom. The minimum atomic E-state index is -0.0282. The second-order valence-corrected chi connectivity index (χ2v) is 5.61. The average molecular weight is 274 g/mol. The monoisotopic (exact) mass is 273 g/mol. The van der Waals surface area contributed by atoms with Crippen LogP contribution in [0.15, 0.2) is 5.51 Å². The summed E-state index contributed by atoms with van der Waals surface area (Å²) in [4.78, 5) is 18.6. The molecule has 1 aliphatic heterocycles. The number of aromatic nitrogens is 1. The molecule has 1 aromatic heterocycles. The standard InChI is InChI=1S/C11H16ClN3OS/c1-7-3-2-4-15(8(7)5-13)11(16)9-10(12)14-6-17-9/h6-8H,2-5,13H2,1H3/t7-,8-/m1/s1. The molecule has 1 aliphatic rings. The van der Waals surface area contributed by atoms with E-state index in [0.29, 0.717) is 22.5 Å². The largest absolute Gasteiger partial charge is 0.333 e. The van der Waals surface area contributed by atoms with E-state index in [2.05, 4.69) is 11.9 Å². The zero-order valence-electron chi connectivity index (χ0n) is 9.73. The number of carbonyl (C=O) groups excluding carboxylic acids is 1. The molecule has 94 valence electrons. The fraction of sp³-hybridized carbons (Fsp3) is 0.636. The van der Waals surface area contributed by atoms with Crippen LogP contribution in [-0.4, -0.2) is 34.9 Å². The number of hydrogen-bond donors (Lipinski definition) is 1. The number of likely N-dealkylation sites (tertiary alicyclic amines) is 1.